The molecule has 0 saturated heterocycles. The summed E-state index contributed by atoms with van der Waals surface area (Å²) in [6.45, 7) is 16.6. The molecule has 0 aliphatic carbocycles. The molecule has 0 aliphatic heterocycles. The van der Waals surface area contributed by atoms with Crippen molar-refractivity contribution in [3.8, 4) is 11.8 Å². The molecule has 0 bridgehead atoms. The second-order valence-corrected chi connectivity index (χ2v) is 9.92. The van der Waals surface area contributed by atoms with Crippen molar-refractivity contribution in [3.63, 3.8) is 0 Å². The number of rotatable bonds is 8. The normalized spacial score (nSPS) is 14.1. The first-order chi connectivity index (χ1) is 18.9. The number of hydrogen-bond acceptors (Lipinski definition) is 2. The molecule has 4 rings (SSSR count). The van der Waals surface area contributed by atoms with Crippen LogP contribution in [0.15, 0.2) is 100 Å². The fourth-order valence-corrected chi connectivity index (χ4v) is 4.97. The number of nitrogens with zero attached hydrogens (tertiary/aromatic N) is 1. The van der Waals surface area contributed by atoms with Gasteiger partial charge in [0.25, 0.3) is 0 Å². The molecule has 2 atom stereocenters. The first kappa shape index (κ1) is 27.7. The van der Waals surface area contributed by atoms with Crippen LogP contribution in [-0.4, -0.2) is 5.71 Å². The van der Waals surface area contributed by atoms with Gasteiger partial charge < -0.3 is 4.42 Å². The smallest absolute Gasteiger partial charge is 0.136 e. The Balaban J connectivity index is 1.89. The van der Waals surface area contributed by atoms with Gasteiger partial charge in [-0.15, -0.1) is 5.92 Å². The zero-order valence-corrected chi connectivity index (χ0v) is 23.9. The third-order valence-electron chi connectivity index (χ3n) is 7.33. The van der Waals surface area contributed by atoms with E-state index in [1.165, 1.54) is 22.3 Å². The lowest BCUT2D eigenvalue weighted by atomic mass is 9.86. The van der Waals surface area contributed by atoms with E-state index >= 15 is 0 Å². The summed E-state index contributed by atoms with van der Waals surface area (Å²) >= 11 is 0. The molecule has 3 aromatic carbocycles. The topological polar surface area (TPSA) is 25.5 Å². The number of fused-ring (bicyclic) bond motifs is 1. The van der Waals surface area contributed by atoms with E-state index in [4.69, 9.17) is 9.41 Å². The minimum Gasteiger partial charge on any atom is -0.456 e. The third kappa shape index (κ3) is 6.05. The van der Waals surface area contributed by atoms with Gasteiger partial charge in [-0.1, -0.05) is 103 Å². The van der Waals surface area contributed by atoms with E-state index in [1.54, 1.807) is 6.08 Å². The predicted octanol–water partition coefficient (Wildman–Crippen LogP) is 10.1. The van der Waals surface area contributed by atoms with Crippen LogP contribution in [0.4, 0.5) is 0 Å². The van der Waals surface area contributed by atoms with Gasteiger partial charge in [-0.25, -0.2) is 0 Å². The van der Waals surface area contributed by atoms with E-state index in [-0.39, 0.29) is 12.0 Å². The van der Waals surface area contributed by atoms with Crippen LogP contribution in [0.2, 0.25) is 0 Å². The average molecular weight is 512 g/mol. The molecule has 0 radical (unpaired) electrons. The minimum absolute atomic E-state index is 0.0942. The van der Waals surface area contributed by atoms with Gasteiger partial charge in [-0.3, -0.25) is 4.99 Å². The Morgan fingerprint density at radius 3 is 2.38 bits per heavy atom. The van der Waals surface area contributed by atoms with Crippen molar-refractivity contribution in [1.29, 1.82) is 0 Å². The van der Waals surface area contributed by atoms with Gasteiger partial charge in [0.05, 0.1) is 5.71 Å². The van der Waals surface area contributed by atoms with Crippen LogP contribution in [0.5, 0.6) is 0 Å². The van der Waals surface area contributed by atoms with Crippen LogP contribution in [0.25, 0.3) is 28.7 Å². The lowest BCUT2D eigenvalue weighted by molar-refractivity contribution is 0.603. The molecular weight excluding hydrogens is 474 g/mol. The standard InChI is InChI=1S/C37H37NO/c1-8-15-32-33-24-30(21-22-36(33)39-35(32)10-3)34(16-9-2)38-37(31-20-14-17-25(4)23-31)28(7)26(5)27(6)29-18-12-11-13-19-29/h8,10-15,17-24,28,34H,3H2,1-2,4-7H3/b15-8-,27-26+,38-37?. The molecule has 1 aromatic heterocycles. The van der Waals surface area contributed by atoms with Gasteiger partial charge in [0.1, 0.15) is 17.4 Å². The third-order valence-corrected chi connectivity index (χ3v) is 7.33. The fourth-order valence-electron chi connectivity index (χ4n) is 4.97. The van der Waals surface area contributed by atoms with Crippen LogP contribution in [-0.2, 0) is 0 Å². The van der Waals surface area contributed by atoms with Gasteiger partial charge in [0, 0.05) is 16.9 Å². The van der Waals surface area contributed by atoms with E-state index < -0.39 is 0 Å². The highest BCUT2D eigenvalue weighted by Crippen LogP contribution is 2.33. The van der Waals surface area contributed by atoms with Gasteiger partial charge in [-0.2, -0.15) is 0 Å². The molecule has 2 unspecified atom stereocenters. The second kappa shape index (κ2) is 12.5. The monoisotopic (exact) mass is 511 g/mol. The van der Waals surface area contributed by atoms with Crippen molar-refractivity contribution >= 4 is 34.4 Å². The number of hydrogen-bond donors (Lipinski definition) is 0. The maximum atomic E-state index is 6.05. The number of benzene rings is 3. The largest absolute Gasteiger partial charge is 0.456 e. The van der Waals surface area contributed by atoms with E-state index in [0.717, 1.165) is 39.1 Å². The molecule has 0 spiro atoms. The highest BCUT2D eigenvalue weighted by Gasteiger charge is 2.21. The van der Waals surface area contributed by atoms with Crippen LogP contribution >= 0.6 is 0 Å². The molecule has 0 amide bonds. The predicted molar refractivity (Wildman–Crippen MR) is 169 cm³/mol. The van der Waals surface area contributed by atoms with Crippen molar-refractivity contribution in [3.05, 3.63) is 125 Å². The summed E-state index contributed by atoms with van der Waals surface area (Å²) in [4.78, 5) is 5.39. The molecule has 2 heteroatoms. The zero-order valence-electron chi connectivity index (χ0n) is 23.9. The molecule has 0 saturated carbocycles. The Kier molecular flexibility index (Phi) is 8.84. The Bertz CT molecular complexity index is 1630. The van der Waals surface area contributed by atoms with E-state index in [0.29, 0.717) is 0 Å². The van der Waals surface area contributed by atoms with Gasteiger partial charge in [-0.05, 0) is 75.1 Å². The lowest BCUT2D eigenvalue weighted by Crippen LogP contribution is -2.17. The van der Waals surface area contributed by atoms with Crippen molar-refractivity contribution < 1.29 is 4.42 Å². The highest BCUT2D eigenvalue weighted by molar-refractivity contribution is 6.05. The number of aliphatic imine (C=N–C) groups is 1. The van der Waals surface area contributed by atoms with Crippen molar-refractivity contribution in [2.24, 2.45) is 10.9 Å². The summed E-state index contributed by atoms with van der Waals surface area (Å²) in [5.74, 6) is 7.38. The molecular formula is C37H37NO. The molecule has 0 aliphatic rings. The summed E-state index contributed by atoms with van der Waals surface area (Å²) in [5, 5.41) is 1.04. The molecule has 39 heavy (non-hydrogen) atoms. The zero-order chi connectivity index (χ0) is 27.9. The SMILES string of the molecule is C=Cc1oc2ccc(C(C#CC)N=C(c3cccc(C)c3)C(C)/C(C)=C(\C)c3ccccc3)cc2c1/C=C\C. The summed E-state index contributed by atoms with van der Waals surface area (Å²) in [5.41, 5.74) is 10.1. The molecule has 196 valence electrons. The lowest BCUT2D eigenvalue weighted by Gasteiger charge is -2.21. The Morgan fingerprint density at radius 2 is 1.72 bits per heavy atom. The van der Waals surface area contributed by atoms with Gasteiger partial charge in [0.2, 0.25) is 0 Å². The van der Waals surface area contributed by atoms with Crippen LogP contribution in [0, 0.1) is 24.7 Å². The highest BCUT2D eigenvalue weighted by atomic mass is 16.3. The van der Waals surface area contributed by atoms with Crippen LogP contribution in [0.1, 0.15) is 74.2 Å². The number of furan rings is 1. The van der Waals surface area contributed by atoms with Gasteiger partial charge in [0.15, 0.2) is 0 Å². The van der Waals surface area contributed by atoms with E-state index in [2.05, 4.69) is 119 Å². The van der Waals surface area contributed by atoms with Crippen molar-refractivity contribution in [1.82, 2.24) is 0 Å². The van der Waals surface area contributed by atoms with E-state index in [9.17, 15) is 0 Å². The summed E-state index contributed by atoms with van der Waals surface area (Å²) in [7, 11) is 0. The van der Waals surface area contributed by atoms with Crippen LogP contribution < -0.4 is 0 Å². The average Bonchev–Trinajstić information content (AvgIpc) is 3.31. The van der Waals surface area contributed by atoms with Gasteiger partial charge >= 0.3 is 0 Å². The molecule has 1 heterocycles. The molecule has 4 aromatic rings. The Hall–Kier alpha value is -4.35. The Morgan fingerprint density at radius 1 is 0.974 bits per heavy atom. The fraction of sp³-hybridized carbons (Fsp3) is 0.216. The second-order valence-electron chi connectivity index (χ2n) is 9.92. The van der Waals surface area contributed by atoms with Crippen molar-refractivity contribution in [2.45, 2.75) is 47.6 Å². The number of allylic oxidation sites excluding steroid dienone is 3. The Labute approximate surface area is 233 Å². The minimum atomic E-state index is -0.317. The first-order valence-corrected chi connectivity index (χ1v) is 13.5. The summed E-state index contributed by atoms with van der Waals surface area (Å²) < 4.78 is 6.05. The van der Waals surface area contributed by atoms with Crippen LogP contribution in [0.3, 0.4) is 0 Å². The maximum absolute atomic E-state index is 6.05. The van der Waals surface area contributed by atoms with E-state index in [1.807, 2.05) is 26.0 Å². The maximum Gasteiger partial charge on any atom is 0.136 e. The summed E-state index contributed by atoms with van der Waals surface area (Å²) in [6, 6.07) is 25.1. The molecule has 2 nitrogen and oxygen atoms in total. The molecule has 0 fully saturated rings. The number of aryl methyl sites for hydroxylation is 1. The quantitative estimate of drug-likeness (QED) is 0.171. The molecule has 0 N–H and O–H groups in total. The van der Waals surface area contributed by atoms with Crippen molar-refractivity contribution in [2.75, 3.05) is 0 Å². The summed E-state index contributed by atoms with van der Waals surface area (Å²) in [6.07, 6.45) is 5.85. The first-order valence-electron chi connectivity index (χ1n) is 13.5.